The molecule has 0 aliphatic carbocycles. The zero-order chi connectivity index (χ0) is 22.4. The summed E-state index contributed by atoms with van der Waals surface area (Å²) in [6.07, 6.45) is 3.21. The number of oxazole rings is 1. The molecule has 0 fully saturated rings. The molecule has 6 heteroatoms. The van der Waals surface area contributed by atoms with Crippen LogP contribution >= 0.6 is 0 Å². The molecule has 1 aromatic heterocycles. The number of carbonyl (C=O) groups excluding carboxylic acids is 2. The molecule has 2 amide bonds. The second-order valence-corrected chi connectivity index (χ2v) is 7.91. The lowest BCUT2D eigenvalue weighted by Gasteiger charge is -2.18. The van der Waals surface area contributed by atoms with Gasteiger partial charge in [0, 0.05) is 31.1 Å². The third-order valence-electron chi connectivity index (χ3n) is 5.14. The van der Waals surface area contributed by atoms with E-state index in [1.54, 1.807) is 13.2 Å². The molecule has 162 valence electrons. The van der Waals surface area contributed by atoms with Crippen LogP contribution in [0, 0.1) is 20.8 Å². The van der Waals surface area contributed by atoms with Crippen LogP contribution < -0.4 is 5.32 Å². The van der Waals surface area contributed by atoms with Gasteiger partial charge in [0.1, 0.15) is 0 Å². The van der Waals surface area contributed by atoms with Crippen molar-refractivity contribution in [1.82, 2.24) is 9.88 Å². The molecule has 3 aromatic rings. The number of aromatic nitrogens is 1. The van der Waals surface area contributed by atoms with Crippen molar-refractivity contribution in [3.63, 3.8) is 0 Å². The smallest absolute Gasteiger partial charge is 0.243 e. The number of anilines is 1. The van der Waals surface area contributed by atoms with Crippen LogP contribution in [0.2, 0.25) is 0 Å². The van der Waals surface area contributed by atoms with Crippen molar-refractivity contribution in [2.24, 2.45) is 0 Å². The first-order valence-electron chi connectivity index (χ1n) is 10.5. The second-order valence-electron chi connectivity index (χ2n) is 7.91. The van der Waals surface area contributed by atoms with Gasteiger partial charge in [-0.15, -0.1) is 0 Å². The van der Waals surface area contributed by atoms with E-state index in [1.165, 1.54) is 4.90 Å². The summed E-state index contributed by atoms with van der Waals surface area (Å²) in [4.78, 5) is 30.6. The van der Waals surface area contributed by atoms with Crippen molar-refractivity contribution < 1.29 is 14.0 Å². The normalized spacial score (nSPS) is 10.7. The number of rotatable bonds is 8. The molecule has 0 saturated carbocycles. The Kier molecular flexibility index (Phi) is 7.23. The van der Waals surface area contributed by atoms with Gasteiger partial charge in [-0.2, -0.15) is 0 Å². The first-order valence-corrected chi connectivity index (χ1v) is 10.5. The molecular weight excluding hydrogens is 390 g/mol. The van der Waals surface area contributed by atoms with Gasteiger partial charge in [0.05, 0.1) is 12.7 Å². The van der Waals surface area contributed by atoms with Crippen LogP contribution in [0.15, 0.2) is 53.1 Å². The van der Waals surface area contributed by atoms with Crippen molar-refractivity contribution in [3.8, 4) is 11.3 Å². The molecule has 2 aromatic carbocycles. The Morgan fingerprint density at radius 3 is 2.42 bits per heavy atom. The quantitative estimate of drug-likeness (QED) is 0.575. The lowest BCUT2D eigenvalue weighted by molar-refractivity contribution is -0.133. The highest BCUT2D eigenvalue weighted by Crippen LogP contribution is 2.22. The fraction of sp³-hybridized carbons (Fsp3) is 0.320. The van der Waals surface area contributed by atoms with Gasteiger partial charge in [-0.3, -0.25) is 9.59 Å². The van der Waals surface area contributed by atoms with Crippen molar-refractivity contribution in [2.75, 3.05) is 18.9 Å². The van der Waals surface area contributed by atoms with Crippen LogP contribution in [0.1, 0.15) is 35.4 Å². The fourth-order valence-electron chi connectivity index (χ4n) is 3.60. The molecule has 0 aliphatic rings. The maximum atomic E-state index is 12.4. The van der Waals surface area contributed by atoms with E-state index in [2.05, 4.69) is 10.3 Å². The molecule has 1 heterocycles. The third-order valence-corrected chi connectivity index (χ3v) is 5.14. The predicted molar refractivity (Wildman–Crippen MR) is 122 cm³/mol. The molecule has 3 rings (SSSR count). The van der Waals surface area contributed by atoms with Crippen molar-refractivity contribution in [3.05, 3.63) is 71.2 Å². The van der Waals surface area contributed by atoms with Gasteiger partial charge in [-0.05, 0) is 38.3 Å². The number of amides is 2. The van der Waals surface area contributed by atoms with Crippen LogP contribution in [-0.4, -0.2) is 35.3 Å². The lowest BCUT2D eigenvalue weighted by atomic mass is 10.1. The Morgan fingerprint density at radius 2 is 1.74 bits per heavy atom. The standard InChI is InChI=1S/C25H29N3O3/c1-17-13-18(2)25(19(3)14-17)27-22(29)16-28(4)24(30)12-8-11-23-26-15-21(31-23)20-9-6-5-7-10-20/h5-7,9-10,13-15H,8,11-12,16H2,1-4H3,(H,27,29). The summed E-state index contributed by atoms with van der Waals surface area (Å²) in [7, 11) is 1.65. The van der Waals surface area contributed by atoms with Gasteiger partial charge in [-0.25, -0.2) is 4.98 Å². The summed E-state index contributed by atoms with van der Waals surface area (Å²) >= 11 is 0. The van der Waals surface area contributed by atoms with Gasteiger partial charge >= 0.3 is 0 Å². The fourth-order valence-corrected chi connectivity index (χ4v) is 3.60. The molecule has 0 saturated heterocycles. The number of hydrogen-bond donors (Lipinski definition) is 1. The summed E-state index contributed by atoms with van der Waals surface area (Å²) in [6, 6.07) is 13.8. The van der Waals surface area contributed by atoms with Gasteiger partial charge in [0.2, 0.25) is 11.8 Å². The van der Waals surface area contributed by atoms with Crippen LogP contribution in [-0.2, 0) is 16.0 Å². The largest absolute Gasteiger partial charge is 0.441 e. The lowest BCUT2D eigenvalue weighted by Crippen LogP contribution is -2.35. The maximum absolute atomic E-state index is 12.4. The highest BCUT2D eigenvalue weighted by Gasteiger charge is 2.15. The van der Waals surface area contributed by atoms with E-state index >= 15 is 0 Å². The Morgan fingerprint density at radius 1 is 1.06 bits per heavy atom. The van der Waals surface area contributed by atoms with Crippen LogP contribution in [0.3, 0.4) is 0 Å². The molecule has 0 unspecified atom stereocenters. The minimum absolute atomic E-state index is 0.0166. The first-order chi connectivity index (χ1) is 14.8. The van der Waals surface area contributed by atoms with Crippen molar-refractivity contribution in [2.45, 2.75) is 40.0 Å². The zero-order valence-corrected chi connectivity index (χ0v) is 18.6. The number of carbonyl (C=O) groups is 2. The summed E-state index contributed by atoms with van der Waals surface area (Å²) < 4.78 is 5.77. The number of aryl methyl sites for hydroxylation is 4. The molecule has 0 bridgehead atoms. The highest BCUT2D eigenvalue weighted by atomic mass is 16.4. The Bertz CT molecular complexity index is 1030. The summed E-state index contributed by atoms with van der Waals surface area (Å²) in [6.45, 7) is 5.98. The second kappa shape index (κ2) is 10.1. The highest BCUT2D eigenvalue weighted by molar-refractivity contribution is 5.95. The predicted octanol–water partition coefficient (Wildman–Crippen LogP) is 4.69. The molecule has 0 radical (unpaired) electrons. The summed E-state index contributed by atoms with van der Waals surface area (Å²) in [5.41, 5.74) is 4.97. The number of benzene rings is 2. The Labute approximate surface area is 183 Å². The topological polar surface area (TPSA) is 75.4 Å². The molecular formula is C25H29N3O3. The van der Waals surface area contributed by atoms with E-state index < -0.39 is 0 Å². The molecule has 0 aliphatic heterocycles. The minimum atomic E-state index is -0.203. The molecule has 31 heavy (non-hydrogen) atoms. The van der Waals surface area contributed by atoms with E-state index in [1.807, 2.05) is 63.2 Å². The number of nitrogens with zero attached hydrogens (tertiary/aromatic N) is 2. The van der Waals surface area contributed by atoms with E-state index in [-0.39, 0.29) is 18.4 Å². The SMILES string of the molecule is Cc1cc(C)c(NC(=O)CN(C)C(=O)CCCc2ncc(-c3ccccc3)o2)c(C)c1. The van der Waals surface area contributed by atoms with Gasteiger partial charge in [0.25, 0.3) is 0 Å². The molecule has 0 spiro atoms. The van der Waals surface area contributed by atoms with E-state index in [4.69, 9.17) is 4.42 Å². The molecule has 1 N–H and O–H groups in total. The maximum Gasteiger partial charge on any atom is 0.243 e. The summed E-state index contributed by atoms with van der Waals surface area (Å²) in [5, 5.41) is 2.93. The third kappa shape index (κ3) is 6.04. The average Bonchev–Trinajstić information content (AvgIpc) is 3.20. The van der Waals surface area contributed by atoms with E-state index in [9.17, 15) is 9.59 Å². The molecule has 0 atom stereocenters. The van der Waals surface area contributed by atoms with Crippen LogP contribution in [0.4, 0.5) is 5.69 Å². The van der Waals surface area contributed by atoms with Gasteiger partial charge < -0.3 is 14.6 Å². The Hall–Kier alpha value is -3.41. The Balaban J connectivity index is 1.45. The van der Waals surface area contributed by atoms with E-state index in [0.717, 1.165) is 33.7 Å². The van der Waals surface area contributed by atoms with Gasteiger partial charge in [-0.1, -0.05) is 48.0 Å². The minimum Gasteiger partial charge on any atom is -0.441 e. The van der Waals surface area contributed by atoms with E-state index in [0.29, 0.717) is 25.2 Å². The number of likely N-dealkylation sites (N-methyl/N-ethyl adjacent to an activating group) is 1. The first kappa shape index (κ1) is 22.3. The zero-order valence-electron chi connectivity index (χ0n) is 18.6. The van der Waals surface area contributed by atoms with Crippen molar-refractivity contribution >= 4 is 17.5 Å². The molecule has 6 nitrogen and oxygen atoms in total. The number of hydrogen-bond acceptors (Lipinski definition) is 4. The number of nitrogens with one attached hydrogen (secondary N) is 1. The summed E-state index contributed by atoms with van der Waals surface area (Å²) in [5.74, 6) is 1.04. The van der Waals surface area contributed by atoms with Crippen LogP contribution in [0.5, 0.6) is 0 Å². The van der Waals surface area contributed by atoms with Crippen LogP contribution in [0.25, 0.3) is 11.3 Å². The average molecular weight is 420 g/mol. The monoisotopic (exact) mass is 419 g/mol. The van der Waals surface area contributed by atoms with Gasteiger partial charge in [0.15, 0.2) is 11.7 Å². The van der Waals surface area contributed by atoms with Crippen molar-refractivity contribution in [1.29, 1.82) is 0 Å².